The molecule has 90 valence electrons. The van der Waals surface area contributed by atoms with Crippen LogP contribution in [0.5, 0.6) is 0 Å². The van der Waals surface area contributed by atoms with Crippen LogP contribution in [0.2, 0.25) is 0 Å². The molecule has 1 rings (SSSR count). The fourth-order valence-electron chi connectivity index (χ4n) is 2.51. The van der Waals surface area contributed by atoms with Crippen molar-refractivity contribution in [3.8, 4) is 0 Å². The van der Waals surface area contributed by atoms with Crippen molar-refractivity contribution < 1.29 is 13.0 Å². The Morgan fingerprint density at radius 2 is 1.87 bits per heavy atom. The van der Waals surface area contributed by atoms with Crippen LogP contribution in [0.3, 0.4) is 0 Å². The SMILES string of the molecule is C[C@H]1CCCCC1CCCCS(=O)(=O)O. The molecule has 0 amide bonds. The van der Waals surface area contributed by atoms with Gasteiger partial charge in [0.15, 0.2) is 0 Å². The Kier molecular flexibility index (Phi) is 5.06. The monoisotopic (exact) mass is 234 g/mol. The van der Waals surface area contributed by atoms with Crippen molar-refractivity contribution in [2.45, 2.75) is 51.9 Å². The Morgan fingerprint density at radius 3 is 2.47 bits per heavy atom. The molecule has 2 atom stereocenters. The summed E-state index contributed by atoms with van der Waals surface area (Å²) in [7, 11) is -3.74. The molecule has 15 heavy (non-hydrogen) atoms. The third kappa shape index (κ3) is 5.52. The van der Waals surface area contributed by atoms with Crippen LogP contribution in [0, 0.1) is 11.8 Å². The predicted octanol–water partition coefficient (Wildman–Crippen LogP) is 2.87. The highest BCUT2D eigenvalue weighted by Crippen LogP contribution is 2.32. The first-order valence-corrected chi connectivity index (χ1v) is 7.55. The molecule has 0 radical (unpaired) electrons. The van der Waals surface area contributed by atoms with Crippen LogP contribution in [0.25, 0.3) is 0 Å². The summed E-state index contributed by atoms with van der Waals surface area (Å²) in [6.45, 7) is 2.30. The smallest absolute Gasteiger partial charge is 0.264 e. The van der Waals surface area contributed by atoms with E-state index in [2.05, 4.69) is 6.92 Å². The maximum Gasteiger partial charge on any atom is 0.264 e. The highest BCUT2D eigenvalue weighted by atomic mass is 32.2. The molecule has 1 aliphatic rings. The summed E-state index contributed by atoms with van der Waals surface area (Å²) in [5, 5.41) is 0. The zero-order valence-electron chi connectivity index (χ0n) is 9.48. The van der Waals surface area contributed by atoms with Crippen LogP contribution >= 0.6 is 0 Å². The van der Waals surface area contributed by atoms with Gasteiger partial charge >= 0.3 is 0 Å². The van der Waals surface area contributed by atoms with Crippen LogP contribution in [-0.2, 0) is 10.1 Å². The quantitative estimate of drug-likeness (QED) is 0.588. The van der Waals surface area contributed by atoms with Gasteiger partial charge in [-0.2, -0.15) is 8.42 Å². The van der Waals surface area contributed by atoms with Crippen molar-refractivity contribution in [1.29, 1.82) is 0 Å². The molecule has 0 aromatic heterocycles. The van der Waals surface area contributed by atoms with Gasteiger partial charge in [0.25, 0.3) is 10.1 Å². The number of rotatable bonds is 5. The van der Waals surface area contributed by atoms with Gasteiger partial charge < -0.3 is 0 Å². The molecule has 0 heterocycles. The van der Waals surface area contributed by atoms with Crippen LogP contribution in [-0.4, -0.2) is 18.7 Å². The molecule has 0 spiro atoms. The molecular formula is C11H22O3S. The summed E-state index contributed by atoms with van der Waals surface area (Å²) < 4.78 is 29.6. The van der Waals surface area contributed by atoms with E-state index < -0.39 is 10.1 Å². The second-order valence-corrected chi connectivity index (χ2v) is 6.38. The van der Waals surface area contributed by atoms with E-state index in [0.29, 0.717) is 6.42 Å². The molecule has 0 aromatic carbocycles. The summed E-state index contributed by atoms with van der Waals surface area (Å²) in [6.07, 6.45) is 7.94. The molecule has 1 fully saturated rings. The fraction of sp³-hybridized carbons (Fsp3) is 1.00. The summed E-state index contributed by atoms with van der Waals surface area (Å²) in [4.78, 5) is 0. The normalized spacial score (nSPS) is 27.9. The zero-order valence-corrected chi connectivity index (χ0v) is 10.3. The lowest BCUT2D eigenvalue weighted by atomic mass is 9.78. The van der Waals surface area contributed by atoms with E-state index in [0.717, 1.165) is 24.7 Å². The lowest BCUT2D eigenvalue weighted by Crippen LogP contribution is -2.16. The molecule has 1 N–H and O–H groups in total. The largest absolute Gasteiger partial charge is 0.286 e. The molecule has 0 aliphatic heterocycles. The maximum atomic E-state index is 10.5. The van der Waals surface area contributed by atoms with Gasteiger partial charge in [0.05, 0.1) is 5.75 Å². The Bertz CT molecular complexity index is 272. The van der Waals surface area contributed by atoms with Crippen molar-refractivity contribution >= 4 is 10.1 Å². The zero-order chi connectivity index (χ0) is 11.3. The van der Waals surface area contributed by atoms with E-state index >= 15 is 0 Å². The second-order valence-electron chi connectivity index (χ2n) is 4.80. The predicted molar refractivity (Wildman–Crippen MR) is 61.4 cm³/mol. The number of hydrogen-bond donors (Lipinski definition) is 1. The standard InChI is InChI=1S/C11H22O3S/c1-10-6-2-3-7-11(10)8-4-5-9-15(12,13)14/h10-11H,2-9H2,1H3,(H,12,13,14)/t10-,11?/m0/s1. The first-order valence-electron chi connectivity index (χ1n) is 5.94. The van der Waals surface area contributed by atoms with Crippen molar-refractivity contribution in [2.24, 2.45) is 11.8 Å². The van der Waals surface area contributed by atoms with Crippen molar-refractivity contribution in [2.75, 3.05) is 5.75 Å². The number of unbranched alkanes of at least 4 members (excludes halogenated alkanes) is 1. The van der Waals surface area contributed by atoms with E-state index in [1.54, 1.807) is 0 Å². The van der Waals surface area contributed by atoms with Crippen molar-refractivity contribution in [3.63, 3.8) is 0 Å². The molecular weight excluding hydrogens is 212 g/mol. The minimum absolute atomic E-state index is 0.0753. The molecule has 4 heteroatoms. The van der Waals surface area contributed by atoms with Crippen LogP contribution in [0.4, 0.5) is 0 Å². The lowest BCUT2D eigenvalue weighted by molar-refractivity contribution is 0.237. The third-order valence-electron chi connectivity index (χ3n) is 3.52. The van der Waals surface area contributed by atoms with Gasteiger partial charge in [-0.25, -0.2) is 0 Å². The van der Waals surface area contributed by atoms with E-state index in [4.69, 9.17) is 4.55 Å². The fourth-order valence-corrected chi connectivity index (χ4v) is 3.08. The first kappa shape index (κ1) is 13.0. The van der Waals surface area contributed by atoms with E-state index in [1.165, 1.54) is 25.7 Å². The van der Waals surface area contributed by atoms with Gasteiger partial charge in [0.2, 0.25) is 0 Å². The minimum atomic E-state index is -3.74. The Hall–Kier alpha value is -0.0900. The third-order valence-corrected chi connectivity index (χ3v) is 4.32. The average Bonchev–Trinajstić information content (AvgIpc) is 2.13. The molecule has 1 unspecified atom stereocenters. The summed E-state index contributed by atoms with van der Waals surface area (Å²) in [5.41, 5.74) is 0. The van der Waals surface area contributed by atoms with Gasteiger partial charge in [-0.15, -0.1) is 0 Å². The second kappa shape index (κ2) is 5.85. The summed E-state index contributed by atoms with van der Waals surface area (Å²) in [6, 6.07) is 0. The molecule has 1 aliphatic carbocycles. The molecule has 0 saturated heterocycles. The lowest BCUT2D eigenvalue weighted by Gasteiger charge is -2.28. The van der Waals surface area contributed by atoms with Gasteiger partial charge in [0, 0.05) is 0 Å². The average molecular weight is 234 g/mol. The molecule has 0 bridgehead atoms. The van der Waals surface area contributed by atoms with Crippen LogP contribution < -0.4 is 0 Å². The topological polar surface area (TPSA) is 54.4 Å². The minimum Gasteiger partial charge on any atom is -0.286 e. The molecule has 1 saturated carbocycles. The first-order chi connectivity index (χ1) is 6.99. The Labute approximate surface area is 93.0 Å². The van der Waals surface area contributed by atoms with E-state index in [-0.39, 0.29) is 5.75 Å². The van der Waals surface area contributed by atoms with Gasteiger partial charge in [-0.1, -0.05) is 45.4 Å². The highest BCUT2D eigenvalue weighted by Gasteiger charge is 2.20. The van der Waals surface area contributed by atoms with Crippen LogP contribution in [0.15, 0.2) is 0 Å². The Balaban J connectivity index is 2.14. The molecule has 0 aromatic rings. The van der Waals surface area contributed by atoms with E-state index in [9.17, 15) is 8.42 Å². The van der Waals surface area contributed by atoms with Crippen molar-refractivity contribution in [3.05, 3.63) is 0 Å². The number of hydrogen-bond acceptors (Lipinski definition) is 2. The highest BCUT2D eigenvalue weighted by molar-refractivity contribution is 7.85. The van der Waals surface area contributed by atoms with Gasteiger partial charge in [-0.05, 0) is 18.3 Å². The van der Waals surface area contributed by atoms with E-state index in [1.807, 2.05) is 0 Å². The van der Waals surface area contributed by atoms with Gasteiger partial charge in [0.1, 0.15) is 0 Å². The maximum absolute atomic E-state index is 10.5. The summed E-state index contributed by atoms with van der Waals surface area (Å²) >= 11 is 0. The van der Waals surface area contributed by atoms with Crippen molar-refractivity contribution in [1.82, 2.24) is 0 Å². The Morgan fingerprint density at radius 1 is 1.20 bits per heavy atom. The molecule has 3 nitrogen and oxygen atoms in total. The van der Waals surface area contributed by atoms with Crippen LogP contribution in [0.1, 0.15) is 51.9 Å². The van der Waals surface area contributed by atoms with Gasteiger partial charge in [-0.3, -0.25) is 4.55 Å². The summed E-state index contributed by atoms with van der Waals surface area (Å²) in [5.74, 6) is 1.50.